The molecule has 0 spiro atoms. The Labute approximate surface area is 83.9 Å². The Morgan fingerprint density at radius 2 is 2.14 bits per heavy atom. The lowest BCUT2D eigenvalue weighted by Gasteiger charge is -2.08. The zero-order valence-corrected chi connectivity index (χ0v) is 8.33. The second-order valence-corrected chi connectivity index (χ2v) is 3.57. The van der Waals surface area contributed by atoms with E-state index < -0.39 is 0 Å². The summed E-state index contributed by atoms with van der Waals surface area (Å²) in [5.41, 5.74) is 1.84. The molecule has 0 unspecified atom stereocenters. The van der Waals surface area contributed by atoms with Gasteiger partial charge in [-0.2, -0.15) is 0 Å². The van der Waals surface area contributed by atoms with Crippen LogP contribution in [0, 0.1) is 5.92 Å². The summed E-state index contributed by atoms with van der Waals surface area (Å²) in [6.07, 6.45) is 5.39. The number of nitrogens with two attached hydrogens (primary N) is 1. The van der Waals surface area contributed by atoms with Gasteiger partial charge in [0.2, 0.25) is 0 Å². The maximum absolute atomic E-state index is 10.8. The van der Waals surface area contributed by atoms with Crippen molar-refractivity contribution in [3.05, 3.63) is 0 Å². The first kappa shape index (κ1) is 11.4. The average molecular weight is 202 g/mol. The van der Waals surface area contributed by atoms with Crippen LogP contribution in [0.15, 0.2) is 0 Å². The van der Waals surface area contributed by atoms with Gasteiger partial charge in [0.1, 0.15) is 0 Å². The molecule has 1 fully saturated rings. The Hall–Kier alpha value is -0.650. The number of rotatable bonds is 6. The molecule has 1 saturated carbocycles. The predicted molar refractivity (Wildman–Crippen MR) is 50.8 cm³/mol. The zero-order valence-electron chi connectivity index (χ0n) is 8.33. The maximum atomic E-state index is 10.8. The van der Waals surface area contributed by atoms with Gasteiger partial charge in [0.25, 0.3) is 0 Å². The lowest BCUT2D eigenvalue weighted by atomic mass is 10.1. The van der Waals surface area contributed by atoms with Crippen LogP contribution in [0.3, 0.4) is 0 Å². The summed E-state index contributed by atoms with van der Waals surface area (Å²) in [6, 6.07) is 0. The van der Waals surface area contributed by atoms with Gasteiger partial charge >= 0.3 is 5.97 Å². The third-order valence-electron chi connectivity index (χ3n) is 2.45. The zero-order chi connectivity index (χ0) is 10.2. The summed E-state index contributed by atoms with van der Waals surface area (Å²) in [7, 11) is 0. The number of carbonyl (C=O) groups is 1. The number of hydrazine groups is 1. The van der Waals surface area contributed by atoms with Crippen LogP contribution in [0.25, 0.3) is 0 Å². The van der Waals surface area contributed by atoms with E-state index in [-0.39, 0.29) is 12.4 Å². The molecule has 0 aromatic carbocycles. The van der Waals surface area contributed by atoms with Crippen molar-refractivity contribution in [2.75, 3.05) is 13.2 Å². The van der Waals surface area contributed by atoms with Crippen LogP contribution in [0.4, 0.5) is 0 Å². The Kier molecular flexibility index (Phi) is 5.51. The van der Waals surface area contributed by atoms with E-state index in [1.165, 1.54) is 25.7 Å². The Morgan fingerprint density at radius 1 is 1.43 bits per heavy atom. The fraction of sp³-hybridized carbons (Fsp3) is 0.889. The van der Waals surface area contributed by atoms with E-state index in [4.69, 9.17) is 10.6 Å². The van der Waals surface area contributed by atoms with E-state index in [0.717, 1.165) is 6.61 Å². The second-order valence-electron chi connectivity index (χ2n) is 3.57. The molecule has 0 aromatic rings. The predicted octanol–water partition coefficient (Wildman–Crippen LogP) is 0.505. The minimum atomic E-state index is -0.390. The molecule has 1 aliphatic rings. The molecule has 0 aliphatic heterocycles. The van der Waals surface area contributed by atoms with E-state index >= 15 is 0 Å². The summed E-state index contributed by atoms with van der Waals surface area (Å²) in [5.74, 6) is 5.10. The van der Waals surface area contributed by atoms with Crippen molar-refractivity contribution in [3.8, 4) is 0 Å². The molecule has 82 valence electrons. The molecular formula is C9H18N2O3. The highest BCUT2D eigenvalue weighted by Gasteiger charge is 2.14. The van der Waals surface area contributed by atoms with Crippen molar-refractivity contribution in [1.29, 1.82) is 0 Å². The van der Waals surface area contributed by atoms with Gasteiger partial charge in [-0.05, 0) is 18.8 Å². The molecule has 0 radical (unpaired) electrons. The molecule has 0 bridgehead atoms. The third kappa shape index (κ3) is 4.55. The van der Waals surface area contributed by atoms with Gasteiger partial charge in [-0.1, -0.05) is 18.4 Å². The number of hydrogen-bond donors (Lipinski definition) is 2. The molecule has 14 heavy (non-hydrogen) atoms. The smallest absolute Gasteiger partial charge is 0.328 e. The lowest BCUT2D eigenvalue weighted by Crippen LogP contribution is -2.26. The van der Waals surface area contributed by atoms with E-state index in [1.807, 2.05) is 5.59 Å². The Balaban J connectivity index is 1.90. The summed E-state index contributed by atoms with van der Waals surface area (Å²) in [4.78, 5) is 15.1. The molecular weight excluding hydrogens is 184 g/mol. The van der Waals surface area contributed by atoms with Crippen LogP contribution in [-0.2, 0) is 14.4 Å². The summed E-state index contributed by atoms with van der Waals surface area (Å²) in [5, 5.41) is 0. The highest BCUT2D eigenvalue weighted by Crippen LogP contribution is 2.24. The minimum Gasteiger partial charge on any atom is -0.381 e. The topological polar surface area (TPSA) is 73.6 Å². The van der Waals surface area contributed by atoms with Crippen LogP contribution in [-0.4, -0.2) is 19.2 Å². The van der Waals surface area contributed by atoms with Crippen LogP contribution < -0.4 is 11.4 Å². The standard InChI is InChI=1S/C9H18N2O3/c10-11-14-9(12)5-6-13-7-8-3-1-2-4-8/h8,11H,1-7,10H2. The van der Waals surface area contributed by atoms with Gasteiger partial charge in [0.05, 0.1) is 13.0 Å². The number of ether oxygens (including phenoxy) is 1. The molecule has 1 aliphatic carbocycles. The van der Waals surface area contributed by atoms with Crippen molar-refractivity contribution < 1.29 is 14.4 Å². The summed E-state index contributed by atoms with van der Waals surface area (Å²) < 4.78 is 5.37. The van der Waals surface area contributed by atoms with Crippen LogP contribution in [0.2, 0.25) is 0 Å². The Morgan fingerprint density at radius 3 is 2.79 bits per heavy atom. The van der Waals surface area contributed by atoms with E-state index in [1.54, 1.807) is 0 Å². The maximum Gasteiger partial charge on any atom is 0.328 e. The molecule has 1 rings (SSSR count). The lowest BCUT2D eigenvalue weighted by molar-refractivity contribution is -0.152. The fourth-order valence-electron chi connectivity index (χ4n) is 1.70. The molecule has 0 heterocycles. The van der Waals surface area contributed by atoms with E-state index in [2.05, 4.69) is 4.84 Å². The largest absolute Gasteiger partial charge is 0.381 e. The summed E-state index contributed by atoms with van der Waals surface area (Å²) >= 11 is 0. The first-order chi connectivity index (χ1) is 6.83. The first-order valence-electron chi connectivity index (χ1n) is 5.06. The highest BCUT2D eigenvalue weighted by atomic mass is 16.7. The van der Waals surface area contributed by atoms with Crippen molar-refractivity contribution >= 4 is 5.97 Å². The molecule has 0 atom stereocenters. The van der Waals surface area contributed by atoms with Crippen molar-refractivity contribution in [1.82, 2.24) is 5.59 Å². The van der Waals surface area contributed by atoms with Gasteiger partial charge < -0.3 is 9.57 Å². The molecule has 3 N–H and O–H groups in total. The molecule has 5 heteroatoms. The quantitative estimate of drug-likeness (QED) is 0.373. The van der Waals surface area contributed by atoms with Gasteiger partial charge in [-0.15, -0.1) is 0 Å². The number of hydrogen-bond acceptors (Lipinski definition) is 5. The highest BCUT2D eigenvalue weighted by molar-refractivity contribution is 5.69. The van der Waals surface area contributed by atoms with E-state index in [0.29, 0.717) is 12.5 Å². The average Bonchev–Trinajstić information content (AvgIpc) is 2.65. The van der Waals surface area contributed by atoms with Crippen molar-refractivity contribution in [2.24, 2.45) is 11.8 Å². The normalized spacial score (nSPS) is 17.2. The molecule has 0 aromatic heterocycles. The Bertz CT molecular complexity index is 169. The monoisotopic (exact) mass is 202 g/mol. The van der Waals surface area contributed by atoms with Crippen molar-refractivity contribution in [3.63, 3.8) is 0 Å². The van der Waals surface area contributed by atoms with Crippen LogP contribution >= 0.6 is 0 Å². The fourth-order valence-corrected chi connectivity index (χ4v) is 1.70. The van der Waals surface area contributed by atoms with Crippen LogP contribution in [0.1, 0.15) is 32.1 Å². The molecule has 0 amide bonds. The molecule has 0 saturated heterocycles. The van der Waals surface area contributed by atoms with Gasteiger partial charge in [0.15, 0.2) is 0 Å². The number of carbonyl (C=O) groups excluding carboxylic acids is 1. The van der Waals surface area contributed by atoms with Crippen LogP contribution in [0.5, 0.6) is 0 Å². The van der Waals surface area contributed by atoms with Gasteiger partial charge in [-0.3, -0.25) is 4.79 Å². The number of nitrogens with one attached hydrogen (secondary N) is 1. The second kappa shape index (κ2) is 6.75. The SMILES string of the molecule is NNOC(=O)CCOCC1CCCC1. The van der Waals surface area contributed by atoms with Crippen molar-refractivity contribution in [2.45, 2.75) is 32.1 Å². The molecule has 5 nitrogen and oxygen atoms in total. The van der Waals surface area contributed by atoms with E-state index in [9.17, 15) is 4.79 Å². The summed E-state index contributed by atoms with van der Waals surface area (Å²) in [6.45, 7) is 1.18. The van der Waals surface area contributed by atoms with Gasteiger partial charge in [-0.25, -0.2) is 5.84 Å². The third-order valence-corrected chi connectivity index (χ3v) is 2.45. The van der Waals surface area contributed by atoms with Gasteiger partial charge in [0, 0.05) is 6.61 Å². The minimum absolute atomic E-state index is 0.247. The first-order valence-corrected chi connectivity index (χ1v) is 5.06.